The van der Waals surface area contributed by atoms with Crippen LogP contribution in [0.5, 0.6) is 0 Å². The molecule has 2 rings (SSSR count). The van der Waals surface area contributed by atoms with Crippen molar-refractivity contribution in [3.63, 3.8) is 0 Å². The minimum absolute atomic E-state index is 0.207. The number of nitrogens with one attached hydrogen (secondary N) is 2. The Morgan fingerprint density at radius 2 is 1.74 bits per heavy atom. The second-order valence-corrected chi connectivity index (χ2v) is 5.93. The maximum Gasteiger partial charge on any atom is 0.407 e. The first kappa shape index (κ1) is 20.2. The van der Waals surface area contributed by atoms with Gasteiger partial charge < -0.3 is 15.7 Å². The Balaban J connectivity index is 2.11. The molecule has 0 aromatic heterocycles. The van der Waals surface area contributed by atoms with Crippen LogP contribution in [0.3, 0.4) is 0 Å². The Hall–Kier alpha value is -3.12. The van der Waals surface area contributed by atoms with Crippen molar-refractivity contribution in [1.82, 2.24) is 0 Å². The Bertz CT molecular complexity index is 872. The minimum Gasteiger partial charge on any atom is -0.382 e. The van der Waals surface area contributed by atoms with Crippen molar-refractivity contribution in [1.29, 1.82) is 0 Å². The Morgan fingerprint density at radius 1 is 1.15 bits per heavy atom. The van der Waals surface area contributed by atoms with Gasteiger partial charge in [-0.25, -0.2) is 9.24 Å². The van der Waals surface area contributed by atoms with E-state index in [1.165, 1.54) is 31.2 Å². The van der Waals surface area contributed by atoms with Crippen molar-refractivity contribution in [3.8, 4) is 0 Å². The molecule has 2 aromatic carbocycles. The average Bonchev–Trinajstić information content (AvgIpc) is 2.60. The van der Waals surface area contributed by atoms with E-state index in [0.29, 0.717) is 11.8 Å². The molecule has 2 aromatic rings. The summed E-state index contributed by atoms with van der Waals surface area (Å²) in [6.07, 6.45) is -4.76. The fraction of sp³-hybridized carbons (Fsp3) is 0.222. The third-order valence-corrected chi connectivity index (χ3v) is 3.65. The lowest BCUT2D eigenvalue weighted by Crippen LogP contribution is -2.45. The van der Waals surface area contributed by atoms with E-state index in [4.69, 9.17) is 6.57 Å². The van der Waals surface area contributed by atoms with E-state index in [-0.39, 0.29) is 12.2 Å². The number of rotatable bonds is 5. The van der Waals surface area contributed by atoms with Gasteiger partial charge in [0.2, 0.25) is 0 Å². The van der Waals surface area contributed by atoms with Crippen LogP contribution in [0.1, 0.15) is 12.5 Å². The summed E-state index contributed by atoms with van der Waals surface area (Å²) < 4.78 is 51.8. The number of alkyl halides is 3. The molecular weight excluding hydrogens is 366 g/mol. The van der Waals surface area contributed by atoms with Crippen molar-refractivity contribution in [2.24, 2.45) is 0 Å². The highest BCUT2D eigenvalue weighted by Gasteiger charge is 2.35. The van der Waals surface area contributed by atoms with Gasteiger partial charge in [0.1, 0.15) is 5.82 Å². The standard InChI is InChI=1S/C18H15F4N3O2/c1-17(27,10-24-12-5-3-11(19)4-6-12)16(26)25-13-7-8-15(23-2)14(9-13)18(20,21)22/h3-9,24,27H,10H2,1H3,(H,25,26). The molecule has 5 nitrogen and oxygen atoms in total. The van der Waals surface area contributed by atoms with Gasteiger partial charge in [-0.2, -0.15) is 13.2 Å². The smallest absolute Gasteiger partial charge is 0.382 e. The largest absolute Gasteiger partial charge is 0.407 e. The molecule has 1 amide bonds. The number of aliphatic hydroxyl groups is 1. The predicted molar refractivity (Wildman–Crippen MR) is 91.8 cm³/mol. The molecule has 27 heavy (non-hydrogen) atoms. The predicted octanol–water partition coefficient (Wildman–Crippen LogP) is 4.20. The highest BCUT2D eigenvalue weighted by atomic mass is 19.4. The number of carbonyl (C=O) groups is 1. The molecule has 142 valence electrons. The molecule has 0 aliphatic heterocycles. The van der Waals surface area contributed by atoms with E-state index in [2.05, 4.69) is 15.5 Å². The lowest BCUT2D eigenvalue weighted by Gasteiger charge is -2.23. The number of nitrogens with zero attached hydrogens (tertiary/aromatic N) is 1. The minimum atomic E-state index is -4.76. The van der Waals surface area contributed by atoms with Crippen LogP contribution in [0, 0.1) is 12.4 Å². The summed E-state index contributed by atoms with van der Waals surface area (Å²) in [6, 6.07) is 7.91. The summed E-state index contributed by atoms with van der Waals surface area (Å²) >= 11 is 0. The first-order valence-electron chi connectivity index (χ1n) is 7.65. The zero-order chi connectivity index (χ0) is 20.2. The van der Waals surface area contributed by atoms with Crippen LogP contribution >= 0.6 is 0 Å². The van der Waals surface area contributed by atoms with E-state index >= 15 is 0 Å². The maximum absolute atomic E-state index is 13.0. The van der Waals surface area contributed by atoms with Crippen molar-refractivity contribution in [2.45, 2.75) is 18.7 Å². The van der Waals surface area contributed by atoms with Crippen LogP contribution < -0.4 is 10.6 Å². The summed E-state index contributed by atoms with van der Waals surface area (Å²) in [5.41, 5.74) is -3.50. The quantitative estimate of drug-likeness (QED) is 0.537. The van der Waals surface area contributed by atoms with Gasteiger partial charge in [-0.3, -0.25) is 4.79 Å². The SMILES string of the molecule is [C-]#[N+]c1ccc(NC(=O)C(C)(O)CNc2ccc(F)cc2)cc1C(F)(F)F. The second-order valence-electron chi connectivity index (χ2n) is 5.93. The zero-order valence-electron chi connectivity index (χ0n) is 14.1. The van der Waals surface area contributed by atoms with Crippen LogP contribution in [0.25, 0.3) is 4.85 Å². The van der Waals surface area contributed by atoms with Crippen LogP contribution in [-0.2, 0) is 11.0 Å². The molecule has 1 atom stereocenters. The highest BCUT2D eigenvalue weighted by Crippen LogP contribution is 2.38. The topological polar surface area (TPSA) is 65.7 Å². The first-order chi connectivity index (χ1) is 12.5. The third kappa shape index (κ3) is 5.18. The van der Waals surface area contributed by atoms with Gasteiger partial charge in [0, 0.05) is 11.4 Å². The van der Waals surface area contributed by atoms with Crippen molar-refractivity contribution >= 4 is 23.0 Å². The molecule has 0 spiro atoms. The molecule has 0 bridgehead atoms. The molecule has 0 aliphatic carbocycles. The van der Waals surface area contributed by atoms with E-state index in [1.54, 1.807) is 0 Å². The fourth-order valence-corrected chi connectivity index (χ4v) is 2.13. The van der Waals surface area contributed by atoms with Gasteiger partial charge in [-0.15, -0.1) is 0 Å². The zero-order valence-corrected chi connectivity index (χ0v) is 14.1. The molecule has 0 saturated carbocycles. The van der Waals surface area contributed by atoms with E-state index < -0.39 is 34.8 Å². The van der Waals surface area contributed by atoms with Crippen LogP contribution in [-0.4, -0.2) is 23.2 Å². The Morgan fingerprint density at radius 3 is 2.30 bits per heavy atom. The third-order valence-electron chi connectivity index (χ3n) is 3.65. The van der Waals surface area contributed by atoms with Crippen molar-refractivity contribution in [2.75, 3.05) is 17.2 Å². The monoisotopic (exact) mass is 381 g/mol. The number of hydrogen-bond donors (Lipinski definition) is 3. The molecule has 0 heterocycles. The van der Waals surface area contributed by atoms with Crippen molar-refractivity contribution in [3.05, 3.63) is 65.3 Å². The summed E-state index contributed by atoms with van der Waals surface area (Å²) in [7, 11) is 0. The van der Waals surface area contributed by atoms with Gasteiger partial charge in [0.25, 0.3) is 5.91 Å². The normalized spacial score (nSPS) is 13.4. The highest BCUT2D eigenvalue weighted by molar-refractivity contribution is 5.97. The maximum atomic E-state index is 13.0. The molecule has 0 saturated heterocycles. The molecule has 1 unspecified atom stereocenters. The molecule has 0 radical (unpaired) electrons. The first-order valence-corrected chi connectivity index (χ1v) is 7.65. The number of carbonyl (C=O) groups excluding carboxylic acids is 1. The van der Waals surface area contributed by atoms with Crippen LogP contribution in [0.4, 0.5) is 34.6 Å². The summed E-state index contributed by atoms with van der Waals surface area (Å²) in [4.78, 5) is 15.0. The van der Waals surface area contributed by atoms with E-state index in [9.17, 15) is 27.5 Å². The number of benzene rings is 2. The number of hydrogen-bond acceptors (Lipinski definition) is 3. The van der Waals surface area contributed by atoms with Crippen LogP contribution in [0.2, 0.25) is 0 Å². The Kier molecular flexibility index (Phi) is 5.71. The van der Waals surface area contributed by atoms with E-state index in [1.807, 2.05) is 0 Å². The molecular formula is C18H15F4N3O2. The molecule has 9 heteroatoms. The van der Waals surface area contributed by atoms with E-state index in [0.717, 1.165) is 12.1 Å². The summed E-state index contributed by atoms with van der Waals surface area (Å²) in [5.74, 6) is -1.39. The van der Waals surface area contributed by atoms with Crippen LogP contribution in [0.15, 0.2) is 42.5 Å². The Labute approximate surface area is 152 Å². The van der Waals surface area contributed by atoms with Gasteiger partial charge in [-0.05, 0) is 43.3 Å². The van der Waals surface area contributed by atoms with Gasteiger partial charge >= 0.3 is 6.18 Å². The number of anilines is 2. The number of amides is 1. The fourth-order valence-electron chi connectivity index (χ4n) is 2.13. The lowest BCUT2D eigenvalue weighted by atomic mass is 10.1. The van der Waals surface area contributed by atoms with Gasteiger partial charge in [-0.1, -0.05) is 6.07 Å². The molecule has 0 fully saturated rings. The van der Waals surface area contributed by atoms with Gasteiger partial charge in [0.15, 0.2) is 11.3 Å². The number of halogens is 4. The van der Waals surface area contributed by atoms with Crippen molar-refractivity contribution < 1.29 is 27.5 Å². The average molecular weight is 381 g/mol. The second kappa shape index (κ2) is 7.63. The molecule has 0 aliphatic rings. The molecule has 3 N–H and O–H groups in total. The summed E-state index contributed by atoms with van der Waals surface area (Å²) in [5, 5.41) is 15.2. The summed E-state index contributed by atoms with van der Waals surface area (Å²) in [6.45, 7) is 7.70. The van der Waals surface area contributed by atoms with Gasteiger partial charge in [0.05, 0.1) is 18.7 Å². The lowest BCUT2D eigenvalue weighted by molar-refractivity contribution is -0.137.